The minimum atomic E-state index is -3.66. The number of imidazole rings is 1. The van der Waals surface area contributed by atoms with Gasteiger partial charge in [0.25, 0.3) is 10.0 Å². The standard InChI is InChI=1S/C12H18N4O3S2/c1-13-10-11(16-6-7-20-12(16)14-10)21(18,19)15-8-2-4-9(17)5-3-8/h6-9,13,15,17H,2-5H2,1H3. The smallest absolute Gasteiger partial charge is 0.260 e. The molecule has 0 aromatic carbocycles. The van der Waals surface area contributed by atoms with Crippen LogP contribution < -0.4 is 10.0 Å². The highest BCUT2D eigenvalue weighted by Crippen LogP contribution is 2.27. The predicted octanol–water partition coefficient (Wildman–Crippen LogP) is 1.02. The van der Waals surface area contributed by atoms with Gasteiger partial charge in [0.1, 0.15) is 0 Å². The first-order valence-electron chi connectivity index (χ1n) is 6.85. The fourth-order valence-corrected chi connectivity index (χ4v) is 5.02. The third-order valence-corrected chi connectivity index (χ3v) is 6.03. The van der Waals surface area contributed by atoms with E-state index in [1.165, 1.54) is 11.3 Å². The number of sulfonamides is 1. The number of aromatic nitrogens is 2. The molecule has 0 spiro atoms. The van der Waals surface area contributed by atoms with Gasteiger partial charge in [0.2, 0.25) is 0 Å². The Labute approximate surface area is 127 Å². The summed E-state index contributed by atoms with van der Waals surface area (Å²) in [6, 6.07) is -0.132. The van der Waals surface area contributed by atoms with Gasteiger partial charge in [0, 0.05) is 24.7 Å². The predicted molar refractivity (Wildman–Crippen MR) is 81.2 cm³/mol. The van der Waals surface area contributed by atoms with Crippen LogP contribution in [-0.2, 0) is 10.0 Å². The largest absolute Gasteiger partial charge is 0.393 e. The van der Waals surface area contributed by atoms with Gasteiger partial charge in [-0.15, -0.1) is 11.3 Å². The van der Waals surface area contributed by atoms with Crippen molar-refractivity contribution in [2.75, 3.05) is 12.4 Å². The summed E-state index contributed by atoms with van der Waals surface area (Å²) < 4.78 is 29.6. The molecule has 3 N–H and O–H groups in total. The molecule has 0 radical (unpaired) electrons. The second-order valence-corrected chi connectivity index (χ2v) is 7.70. The molecule has 1 saturated carbocycles. The van der Waals surface area contributed by atoms with Gasteiger partial charge in [-0.3, -0.25) is 4.40 Å². The SMILES string of the molecule is CNc1nc2sccn2c1S(=O)(=O)NC1CCC(O)CC1. The molecular weight excluding hydrogens is 312 g/mol. The zero-order valence-electron chi connectivity index (χ0n) is 11.6. The number of fused-ring (bicyclic) bond motifs is 1. The molecule has 0 aliphatic heterocycles. The summed E-state index contributed by atoms with van der Waals surface area (Å²) in [7, 11) is -2.01. The maximum absolute atomic E-state index is 12.7. The molecule has 1 fully saturated rings. The molecular formula is C12H18N4O3S2. The van der Waals surface area contributed by atoms with Gasteiger partial charge >= 0.3 is 0 Å². The van der Waals surface area contributed by atoms with Crippen molar-refractivity contribution in [3.8, 4) is 0 Å². The van der Waals surface area contributed by atoms with Gasteiger partial charge in [-0.05, 0) is 25.7 Å². The topological polar surface area (TPSA) is 95.7 Å². The summed E-state index contributed by atoms with van der Waals surface area (Å²) in [6.45, 7) is 0. The maximum Gasteiger partial charge on any atom is 0.260 e. The first-order valence-corrected chi connectivity index (χ1v) is 9.21. The van der Waals surface area contributed by atoms with E-state index in [9.17, 15) is 13.5 Å². The van der Waals surface area contributed by atoms with E-state index in [0.717, 1.165) is 0 Å². The Morgan fingerprint density at radius 1 is 1.38 bits per heavy atom. The molecule has 2 aromatic rings. The molecule has 0 bridgehead atoms. The van der Waals surface area contributed by atoms with Crippen molar-refractivity contribution >= 4 is 32.1 Å². The van der Waals surface area contributed by atoms with Crippen LogP contribution in [0.4, 0.5) is 5.82 Å². The second-order valence-electron chi connectivity index (χ2n) is 5.20. The molecule has 7 nitrogen and oxygen atoms in total. The Morgan fingerprint density at radius 3 is 2.76 bits per heavy atom. The zero-order chi connectivity index (χ0) is 15.0. The average molecular weight is 330 g/mol. The lowest BCUT2D eigenvalue weighted by Gasteiger charge is -2.25. The number of thiazole rings is 1. The molecule has 0 saturated heterocycles. The highest BCUT2D eigenvalue weighted by molar-refractivity contribution is 7.89. The molecule has 0 amide bonds. The van der Waals surface area contributed by atoms with Crippen molar-refractivity contribution in [1.29, 1.82) is 0 Å². The second kappa shape index (κ2) is 5.56. The Balaban J connectivity index is 1.91. The number of nitrogens with one attached hydrogen (secondary N) is 2. The normalized spacial score (nSPS) is 23.5. The highest BCUT2D eigenvalue weighted by Gasteiger charge is 2.29. The van der Waals surface area contributed by atoms with Crippen molar-refractivity contribution in [3.05, 3.63) is 11.6 Å². The maximum atomic E-state index is 12.7. The Bertz CT molecular complexity index is 729. The fourth-order valence-electron chi connectivity index (χ4n) is 2.65. The Morgan fingerprint density at radius 2 is 2.10 bits per heavy atom. The highest BCUT2D eigenvalue weighted by atomic mass is 32.2. The van der Waals surface area contributed by atoms with Crippen molar-refractivity contribution in [1.82, 2.24) is 14.1 Å². The van der Waals surface area contributed by atoms with E-state index < -0.39 is 10.0 Å². The van der Waals surface area contributed by atoms with Gasteiger partial charge < -0.3 is 10.4 Å². The van der Waals surface area contributed by atoms with E-state index in [4.69, 9.17) is 0 Å². The molecule has 2 aromatic heterocycles. The van der Waals surface area contributed by atoms with Gasteiger partial charge in [-0.2, -0.15) is 0 Å². The lowest BCUT2D eigenvalue weighted by molar-refractivity contribution is 0.120. The van der Waals surface area contributed by atoms with Crippen LogP contribution in [0, 0.1) is 0 Å². The van der Waals surface area contributed by atoms with Crippen LogP contribution in [-0.4, -0.2) is 42.1 Å². The first kappa shape index (κ1) is 14.8. The minimum absolute atomic E-state index is 0.132. The molecule has 116 valence electrons. The summed E-state index contributed by atoms with van der Waals surface area (Å²) in [5, 5.41) is 14.3. The van der Waals surface area contributed by atoms with E-state index in [0.29, 0.717) is 36.5 Å². The van der Waals surface area contributed by atoms with Crippen molar-refractivity contribution in [3.63, 3.8) is 0 Å². The quantitative estimate of drug-likeness (QED) is 0.778. The van der Waals surface area contributed by atoms with Gasteiger partial charge in [-0.1, -0.05) is 0 Å². The van der Waals surface area contributed by atoms with E-state index in [1.807, 2.05) is 0 Å². The number of anilines is 1. The minimum Gasteiger partial charge on any atom is -0.393 e. The van der Waals surface area contributed by atoms with Crippen LogP contribution in [0.25, 0.3) is 4.96 Å². The lowest BCUT2D eigenvalue weighted by atomic mass is 9.94. The number of rotatable bonds is 4. The molecule has 1 aliphatic carbocycles. The molecule has 0 atom stereocenters. The molecule has 3 rings (SSSR count). The number of aliphatic hydroxyl groups excluding tert-OH is 1. The summed E-state index contributed by atoms with van der Waals surface area (Å²) in [5.74, 6) is 0.352. The number of hydrogen-bond acceptors (Lipinski definition) is 6. The van der Waals surface area contributed by atoms with Crippen LogP contribution in [0.3, 0.4) is 0 Å². The fraction of sp³-hybridized carbons (Fsp3) is 0.583. The summed E-state index contributed by atoms with van der Waals surface area (Å²) >= 11 is 1.39. The number of nitrogens with zero attached hydrogens (tertiary/aromatic N) is 2. The summed E-state index contributed by atoms with van der Waals surface area (Å²) in [4.78, 5) is 4.91. The molecule has 21 heavy (non-hydrogen) atoms. The van der Waals surface area contributed by atoms with Crippen LogP contribution in [0.2, 0.25) is 0 Å². The van der Waals surface area contributed by atoms with Crippen molar-refractivity contribution in [2.45, 2.75) is 42.9 Å². The monoisotopic (exact) mass is 330 g/mol. The lowest BCUT2D eigenvalue weighted by Crippen LogP contribution is -2.39. The molecule has 2 heterocycles. The molecule has 9 heteroatoms. The average Bonchev–Trinajstić information content (AvgIpc) is 3.00. The van der Waals surface area contributed by atoms with Crippen LogP contribution in [0.15, 0.2) is 16.6 Å². The third-order valence-electron chi connectivity index (χ3n) is 3.73. The van der Waals surface area contributed by atoms with E-state index in [2.05, 4.69) is 15.0 Å². The van der Waals surface area contributed by atoms with Gasteiger partial charge in [-0.25, -0.2) is 18.1 Å². The molecule has 1 aliphatic rings. The van der Waals surface area contributed by atoms with Crippen molar-refractivity contribution < 1.29 is 13.5 Å². The van der Waals surface area contributed by atoms with Crippen molar-refractivity contribution in [2.24, 2.45) is 0 Å². The van der Waals surface area contributed by atoms with Gasteiger partial charge in [0.05, 0.1) is 6.10 Å². The number of aliphatic hydroxyl groups is 1. The zero-order valence-corrected chi connectivity index (χ0v) is 13.2. The third kappa shape index (κ3) is 2.78. The first-order chi connectivity index (χ1) is 10.0. The van der Waals surface area contributed by atoms with Crippen LogP contribution >= 0.6 is 11.3 Å². The summed E-state index contributed by atoms with van der Waals surface area (Å²) in [5.41, 5.74) is 0. The number of hydrogen-bond donors (Lipinski definition) is 3. The van der Waals surface area contributed by atoms with Gasteiger partial charge in [0.15, 0.2) is 15.8 Å². The van der Waals surface area contributed by atoms with E-state index in [-0.39, 0.29) is 17.2 Å². The van der Waals surface area contributed by atoms with E-state index in [1.54, 1.807) is 23.0 Å². The van der Waals surface area contributed by atoms with E-state index >= 15 is 0 Å². The van der Waals surface area contributed by atoms with Crippen LogP contribution in [0.1, 0.15) is 25.7 Å². The molecule has 0 unspecified atom stereocenters. The Kier molecular flexibility index (Phi) is 3.91. The van der Waals surface area contributed by atoms with Crippen LogP contribution in [0.5, 0.6) is 0 Å². The summed E-state index contributed by atoms with van der Waals surface area (Å²) in [6.07, 6.45) is 3.96. The Hall–Kier alpha value is -1.16.